The van der Waals surface area contributed by atoms with Gasteiger partial charge < -0.3 is 4.74 Å². The average Bonchev–Trinajstić information content (AvgIpc) is 2.77. The van der Waals surface area contributed by atoms with Crippen molar-refractivity contribution >= 4 is 50.3 Å². The van der Waals surface area contributed by atoms with E-state index in [1.54, 1.807) is 6.21 Å². The maximum atomic E-state index is 5.52. The lowest BCUT2D eigenvalue weighted by molar-refractivity contribution is 0.336. The standard InChI is InChI=1S/C11H10Br2N4OS/c1-2-18-10-8(12)3-7(4-9(10)13)5-15-17-6-14-16-11(17)19/h3-6H,2H2,1H3,(H,16,19)/b15-5-. The van der Waals surface area contributed by atoms with E-state index in [2.05, 4.69) is 47.2 Å². The van der Waals surface area contributed by atoms with E-state index in [0.717, 1.165) is 20.3 Å². The number of nitrogens with zero attached hydrogens (tertiary/aromatic N) is 3. The third kappa shape index (κ3) is 3.52. The molecular weight excluding hydrogens is 396 g/mol. The molecule has 0 aliphatic carbocycles. The average molecular weight is 406 g/mol. The summed E-state index contributed by atoms with van der Waals surface area (Å²) in [5.74, 6) is 0.777. The third-order valence-electron chi connectivity index (χ3n) is 2.18. The highest BCUT2D eigenvalue weighted by molar-refractivity contribution is 9.11. The SMILES string of the molecule is CCOc1c(Br)cc(/C=N\n2cn[nH]c2=S)cc1Br. The Kier molecular flexibility index (Phi) is 4.89. The van der Waals surface area contributed by atoms with E-state index in [4.69, 9.17) is 17.0 Å². The van der Waals surface area contributed by atoms with Crippen LogP contribution in [0.2, 0.25) is 0 Å². The summed E-state index contributed by atoms with van der Waals surface area (Å²) in [5.41, 5.74) is 0.908. The number of aromatic nitrogens is 3. The Morgan fingerprint density at radius 3 is 2.68 bits per heavy atom. The molecular formula is C11H10Br2N4OS. The molecule has 0 spiro atoms. The smallest absolute Gasteiger partial charge is 0.216 e. The van der Waals surface area contributed by atoms with Crippen molar-refractivity contribution in [3.05, 3.63) is 37.7 Å². The van der Waals surface area contributed by atoms with Crippen LogP contribution in [0.25, 0.3) is 0 Å². The van der Waals surface area contributed by atoms with Crippen LogP contribution >= 0.6 is 44.1 Å². The summed E-state index contributed by atoms with van der Waals surface area (Å²) in [6.07, 6.45) is 3.20. The molecule has 1 aromatic carbocycles. The van der Waals surface area contributed by atoms with Gasteiger partial charge in [-0.3, -0.25) is 5.10 Å². The number of halogens is 2. The summed E-state index contributed by atoms with van der Waals surface area (Å²) in [6, 6.07) is 3.84. The molecule has 0 amide bonds. The van der Waals surface area contributed by atoms with Crippen molar-refractivity contribution in [2.75, 3.05) is 6.61 Å². The maximum absolute atomic E-state index is 5.52. The molecule has 0 bridgehead atoms. The predicted molar refractivity (Wildman–Crippen MR) is 83.4 cm³/mol. The van der Waals surface area contributed by atoms with Gasteiger partial charge in [0.05, 0.1) is 21.8 Å². The van der Waals surface area contributed by atoms with Crippen LogP contribution in [0.1, 0.15) is 12.5 Å². The molecule has 2 aromatic rings. The first-order valence-corrected chi connectivity index (χ1v) is 7.39. The van der Waals surface area contributed by atoms with Gasteiger partial charge in [0.1, 0.15) is 12.1 Å². The van der Waals surface area contributed by atoms with Gasteiger partial charge in [-0.05, 0) is 68.7 Å². The molecule has 0 aliphatic rings. The monoisotopic (exact) mass is 404 g/mol. The Labute approximate surface area is 131 Å². The largest absolute Gasteiger partial charge is 0.492 e. The molecule has 1 heterocycles. The first-order valence-electron chi connectivity index (χ1n) is 5.40. The first kappa shape index (κ1) is 14.4. The van der Waals surface area contributed by atoms with E-state index in [-0.39, 0.29) is 0 Å². The lowest BCUT2D eigenvalue weighted by Crippen LogP contribution is -1.95. The number of ether oxygens (including phenoxy) is 1. The van der Waals surface area contributed by atoms with Gasteiger partial charge in [-0.25, -0.2) is 0 Å². The van der Waals surface area contributed by atoms with Crippen LogP contribution in [0.4, 0.5) is 0 Å². The van der Waals surface area contributed by atoms with E-state index < -0.39 is 0 Å². The molecule has 0 aliphatic heterocycles. The summed E-state index contributed by atoms with van der Waals surface area (Å²) in [7, 11) is 0. The highest BCUT2D eigenvalue weighted by Gasteiger charge is 2.07. The minimum Gasteiger partial charge on any atom is -0.492 e. The summed E-state index contributed by atoms with van der Waals surface area (Å²) >= 11 is 11.9. The zero-order valence-electron chi connectivity index (χ0n) is 9.93. The predicted octanol–water partition coefficient (Wildman–Crippen LogP) is 3.75. The van der Waals surface area contributed by atoms with Gasteiger partial charge in [-0.2, -0.15) is 14.9 Å². The highest BCUT2D eigenvalue weighted by atomic mass is 79.9. The molecule has 2 rings (SSSR count). The minimum absolute atomic E-state index is 0.445. The number of nitrogens with one attached hydrogen (secondary N) is 1. The fourth-order valence-electron chi connectivity index (χ4n) is 1.39. The second-order valence-electron chi connectivity index (χ2n) is 3.50. The van der Waals surface area contributed by atoms with Crippen LogP contribution in [0.3, 0.4) is 0 Å². The number of rotatable bonds is 4. The number of H-pyrrole nitrogens is 1. The van der Waals surface area contributed by atoms with E-state index in [0.29, 0.717) is 11.4 Å². The van der Waals surface area contributed by atoms with Gasteiger partial charge in [0.2, 0.25) is 4.77 Å². The van der Waals surface area contributed by atoms with E-state index >= 15 is 0 Å². The first-order chi connectivity index (χ1) is 9.11. The molecule has 0 radical (unpaired) electrons. The molecule has 0 saturated carbocycles. The number of hydrogen-bond donors (Lipinski definition) is 1. The molecule has 0 atom stereocenters. The van der Waals surface area contributed by atoms with Gasteiger partial charge in [-0.15, -0.1) is 0 Å². The molecule has 0 saturated heterocycles. The van der Waals surface area contributed by atoms with Gasteiger partial charge in [-0.1, -0.05) is 0 Å². The second-order valence-corrected chi connectivity index (χ2v) is 5.59. The Bertz CT molecular complexity index is 642. The summed E-state index contributed by atoms with van der Waals surface area (Å²) in [4.78, 5) is 0. The molecule has 19 heavy (non-hydrogen) atoms. The van der Waals surface area contributed by atoms with Gasteiger partial charge in [0, 0.05) is 0 Å². The molecule has 1 aromatic heterocycles. The maximum Gasteiger partial charge on any atom is 0.216 e. The topological polar surface area (TPSA) is 55.2 Å². The third-order valence-corrected chi connectivity index (χ3v) is 3.63. The fraction of sp³-hybridized carbons (Fsp3) is 0.182. The van der Waals surface area contributed by atoms with Crippen molar-refractivity contribution in [3.63, 3.8) is 0 Å². The van der Waals surface area contributed by atoms with Crippen molar-refractivity contribution in [2.45, 2.75) is 6.92 Å². The van der Waals surface area contributed by atoms with Crippen LogP contribution in [0, 0.1) is 4.77 Å². The molecule has 0 fully saturated rings. The number of aromatic amines is 1. The molecule has 0 unspecified atom stereocenters. The molecule has 8 heteroatoms. The summed E-state index contributed by atoms with van der Waals surface area (Å²) < 4.78 is 9.17. The van der Waals surface area contributed by atoms with Crippen molar-refractivity contribution in [1.82, 2.24) is 14.9 Å². The van der Waals surface area contributed by atoms with E-state index in [9.17, 15) is 0 Å². The lowest BCUT2D eigenvalue weighted by Gasteiger charge is -2.09. The highest BCUT2D eigenvalue weighted by Crippen LogP contribution is 2.34. The number of benzene rings is 1. The van der Waals surface area contributed by atoms with Crippen molar-refractivity contribution in [1.29, 1.82) is 0 Å². The molecule has 5 nitrogen and oxygen atoms in total. The second kappa shape index (κ2) is 6.44. The van der Waals surface area contributed by atoms with Crippen molar-refractivity contribution in [2.24, 2.45) is 5.10 Å². The molecule has 100 valence electrons. The van der Waals surface area contributed by atoms with Crippen LogP contribution in [0.5, 0.6) is 5.75 Å². The normalized spacial score (nSPS) is 11.1. The summed E-state index contributed by atoms with van der Waals surface area (Å²) in [6.45, 7) is 2.55. The van der Waals surface area contributed by atoms with Crippen molar-refractivity contribution in [3.8, 4) is 5.75 Å². The Hall–Kier alpha value is -0.990. The van der Waals surface area contributed by atoms with E-state index in [1.165, 1.54) is 11.0 Å². The Balaban J connectivity index is 2.30. The quantitative estimate of drug-likeness (QED) is 0.622. The van der Waals surface area contributed by atoms with Gasteiger partial charge >= 0.3 is 0 Å². The minimum atomic E-state index is 0.445. The molecule has 1 N–H and O–H groups in total. The Morgan fingerprint density at radius 1 is 1.47 bits per heavy atom. The van der Waals surface area contributed by atoms with E-state index in [1.807, 2.05) is 19.1 Å². The van der Waals surface area contributed by atoms with Gasteiger partial charge in [0.25, 0.3) is 0 Å². The summed E-state index contributed by atoms with van der Waals surface area (Å²) in [5, 5.41) is 10.6. The van der Waals surface area contributed by atoms with Gasteiger partial charge in [0.15, 0.2) is 0 Å². The fourth-order valence-corrected chi connectivity index (χ4v) is 2.99. The van der Waals surface area contributed by atoms with Crippen LogP contribution in [-0.2, 0) is 0 Å². The lowest BCUT2D eigenvalue weighted by atomic mass is 10.2. The van der Waals surface area contributed by atoms with Crippen molar-refractivity contribution < 1.29 is 4.74 Å². The Morgan fingerprint density at radius 2 is 2.16 bits per heavy atom. The number of hydrogen-bond acceptors (Lipinski definition) is 4. The van der Waals surface area contributed by atoms with Crippen LogP contribution < -0.4 is 4.74 Å². The van der Waals surface area contributed by atoms with Crippen LogP contribution in [-0.4, -0.2) is 27.7 Å². The van der Waals surface area contributed by atoms with Crippen LogP contribution in [0.15, 0.2) is 32.5 Å². The zero-order chi connectivity index (χ0) is 13.8. The zero-order valence-corrected chi connectivity index (χ0v) is 13.9.